The van der Waals surface area contributed by atoms with Crippen molar-refractivity contribution in [2.24, 2.45) is 5.84 Å². The molecule has 0 unspecified atom stereocenters. The maximum absolute atomic E-state index is 5.18. The quantitative estimate of drug-likeness (QED) is 0.444. The van der Waals surface area contributed by atoms with E-state index in [2.05, 4.69) is 20.7 Å². The van der Waals surface area contributed by atoms with Crippen LogP contribution in [-0.2, 0) is 0 Å². The van der Waals surface area contributed by atoms with Crippen LogP contribution in [0.3, 0.4) is 0 Å². The average molecular weight is 165 g/mol. The Labute approximate surface area is 70.4 Å². The largest absolute Gasteiger partial charge is 0.366 e. The number of hydrazine groups is 1. The van der Waals surface area contributed by atoms with E-state index in [4.69, 9.17) is 5.84 Å². The molecule has 1 heterocycles. The Kier molecular flexibility index (Phi) is 1.79. The first kappa shape index (κ1) is 7.30. The smallest absolute Gasteiger partial charge is 0.160 e. The van der Waals surface area contributed by atoms with E-state index in [0.29, 0.717) is 11.9 Å². The lowest BCUT2D eigenvalue weighted by Gasteiger charge is -2.03. The van der Waals surface area contributed by atoms with Gasteiger partial charge in [-0.15, -0.1) is 0 Å². The van der Waals surface area contributed by atoms with Gasteiger partial charge in [-0.3, -0.25) is 4.98 Å². The van der Waals surface area contributed by atoms with Crippen molar-refractivity contribution in [1.29, 1.82) is 0 Å². The van der Waals surface area contributed by atoms with Crippen LogP contribution in [-0.4, -0.2) is 16.0 Å². The molecule has 1 fully saturated rings. The maximum Gasteiger partial charge on any atom is 0.160 e. The van der Waals surface area contributed by atoms with Crippen LogP contribution in [0.25, 0.3) is 0 Å². The zero-order chi connectivity index (χ0) is 8.39. The van der Waals surface area contributed by atoms with Crippen LogP contribution in [0.2, 0.25) is 0 Å². The molecule has 0 saturated heterocycles. The van der Waals surface area contributed by atoms with E-state index >= 15 is 0 Å². The zero-order valence-electron chi connectivity index (χ0n) is 6.62. The van der Waals surface area contributed by atoms with Gasteiger partial charge in [-0.25, -0.2) is 10.8 Å². The fraction of sp³-hybridized carbons (Fsp3) is 0.429. The van der Waals surface area contributed by atoms with Crippen LogP contribution in [0.4, 0.5) is 11.6 Å². The summed E-state index contributed by atoms with van der Waals surface area (Å²) in [5.74, 6) is 6.55. The molecule has 1 aromatic rings. The molecule has 4 N–H and O–H groups in total. The van der Waals surface area contributed by atoms with E-state index in [-0.39, 0.29) is 0 Å². The summed E-state index contributed by atoms with van der Waals surface area (Å²) in [7, 11) is 0. The van der Waals surface area contributed by atoms with Crippen LogP contribution in [0.5, 0.6) is 0 Å². The summed E-state index contributed by atoms with van der Waals surface area (Å²) in [4.78, 5) is 8.13. The van der Waals surface area contributed by atoms with Gasteiger partial charge < -0.3 is 10.7 Å². The number of nitrogens with zero attached hydrogens (tertiary/aromatic N) is 2. The van der Waals surface area contributed by atoms with Crippen molar-refractivity contribution in [1.82, 2.24) is 9.97 Å². The normalized spacial score (nSPS) is 15.8. The van der Waals surface area contributed by atoms with Gasteiger partial charge in [0.1, 0.15) is 5.82 Å². The van der Waals surface area contributed by atoms with Gasteiger partial charge in [0.05, 0.1) is 12.4 Å². The molecular weight excluding hydrogens is 154 g/mol. The third-order valence-electron chi connectivity index (χ3n) is 1.71. The number of nitrogens with two attached hydrogens (primary N) is 1. The Morgan fingerprint density at radius 3 is 2.75 bits per heavy atom. The van der Waals surface area contributed by atoms with Gasteiger partial charge in [0.25, 0.3) is 0 Å². The van der Waals surface area contributed by atoms with Crippen LogP contribution in [0, 0.1) is 0 Å². The standard InChI is InChI=1S/C7H11N5/c8-12-7-4-9-3-6(11-7)10-5-1-2-5/h3-5H,1-2,8H2,(H2,10,11,12). The number of anilines is 2. The van der Waals surface area contributed by atoms with Gasteiger partial charge in [-0.05, 0) is 12.8 Å². The van der Waals surface area contributed by atoms with Gasteiger partial charge in [-0.2, -0.15) is 0 Å². The molecule has 5 heteroatoms. The maximum atomic E-state index is 5.18. The second-order valence-electron chi connectivity index (χ2n) is 2.85. The number of aromatic nitrogens is 2. The second-order valence-corrected chi connectivity index (χ2v) is 2.85. The number of rotatable bonds is 3. The summed E-state index contributed by atoms with van der Waals surface area (Å²) in [6, 6.07) is 0.590. The Morgan fingerprint density at radius 2 is 2.08 bits per heavy atom. The van der Waals surface area contributed by atoms with Crippen molar-refractivity contribution in [3.8, 4) is 0 Å². The molecule has 5 nitrogen and oxygen atoms in total. The monoisotopic (exact) mass is 165 g/mol. The Hall–Kier alpha value is -1.36. The van der Waals surface area contributed by atoms with Crippen LogP contribution in [0.15, 0.2) is 12.4 Å². The second kappa shape index (κ2) is 2.94. The first-order valence-corrected chi connectivity index (χ1v) is 3.93. The first-order chi connectivity index (χ1) is 5.88. The average Bonchev–Trinajstić information content (AvgIpc) is 2.89. The molecular formula is C7H11N5. The molecule has 0 spiro atoms. The predicted molar refractivity (Wildman–Crippen MR) is 46.5 cm³/mol. The molecule has 1 saturated carbocycles. The summed E-state index contributed by atoms with van der Waals surface area (Å²) in [5, 5.41) is 3.22. The van der Waals surface area contributed by atoms with E-state index in [1.165, 1.54) is 12.8 Å². The molecule has 64 valence electrons. The number of nitrogen functional groups attached to an aromatic ring is 1. The Morgan fingerprint density at radius 1 is 1.33 bits per heavy atom. The zero-order valence-corrected chi connectivity index (χ0v) is 6.62. The van der Waals surface area contributed by atoms with Crippen molar-refractivity contribution in [3.05, 3.63) is 12.4 Å². The summed E-state index contributed by atoms with van der Waals surface area (Å²) in [6.07, 6.45) is 5.72. The van der Waals surface area contributed by atoms with Crippen molar-refractivity contribution < 1.29 is 0 Å². The van der Waals surface area contributed by atoms with Crippen molar-refractivity contribution >= 4 is 11.6 Å². The molecule has 12 heavy (non-hydrogen) atoms. The predicted octanol–water partition coefficient (Wildman–Crippen LogP) is 0.336. The minimum atomic E-state index is 0.584. The fourth-order valence-electron chi connectivity index (χ4n) is 0.942. The molecule has 0 aliphatic heterocycles. The molecule has 0 amide bonds. The van der Waals surface area contributed by atoms with Crippen molar-refractivity contribution in [2.45, 2.75) is 18.9 Å². The van der Waals surface area contributed by atoms with Crippen molar-refractivity contribution in [2.75, 3.05) is 10.7 Å². The van der Waals surface area contributed by atoms with Gasteiger partial charge in [-0.1, -0.05) is 0 Å². The van der Waals surface area contributed by atoms with E-state index in [9.17, 15) is 0 Å². The lowest BCUT2D eigenvalue weighted by atomic mass is 10.6. The molecule has 0 radical (unpaired) electrons. The lowest BCUT2D eigenvalue weighted by molar-refractivity contribution is 1.08. The minimum absolute atomic E-state index is 0.584. The molecule has 0 bridgehead atoms. The van der Waals surface area contributed by atoms with Crippen LogP contribution >= 0.6 is 0 Å². The van der Waals surface area contributed by atoms with E-state index in [1.807, 2.05) is 0 Å². The SMILES string of the molecule is NNc1cncc(NC2CC2)n1. The van der Waals surface area contributed by atoms with Gasteiger partial charge in [0.2, 0.25) is 0 Å². The number of hydrogen-bond donors (Lipinski definition) is 3. The molecule has 1 aliphatic rings. The van der Waals surface area contributed by atoms with Crippen LogP contribution in [0.1, 0.15) is 12.8 Å². The number of nitrogens with one attached hydrogen (secondary N) is 2. The molecule has 0 aromatic carbocycles. The highest BCUT2D eigenvalue weighted by Crippen LogP contribution is 2.23. The van der Waals surface area contributed by atoms with Gasteiger partial charge in [0.15, 0.2) is 5.82 Å². The molecule has 2 rings (SSSR count). The molecule has 0 atom stereocenters. The van der Waals surface area contributed by atoms with E-state index in [0.717, 1.165) is 5.82 Å². The summed E-state index contributed by atoms with van der Waals surface area (Å²) in [6.45, 7) is 0. The topological polar surface area (TPSA) is 75.9 Å². The van der Waals surface area contributed by atoms with E-state index < -0.39 is 0 Å². The first-order valence-electron chi connectivity index (χ1n) is 3.93. The summed E-state index contributed by atoms with van der Waals surface area (Å²) >= 11 is 0. The minimum Gasteiger partial charge on any atom is -0.366 e. The highest BCUT2D eigenvalue weighted by atomic mass is 15.3. The third-order valence-corrected chi connectivity index (χ3v) is 1.71. The highest BCUT2D eigenvalue weighted by Gasteiger charge is 2.21. The Balaban J connectivity index is 2.08. The summed E-state index contributed by atoms with van der Waals surface area (Å²) < 4.78 is 0. The summed E-state index contributed by atoms with van der Waals surface area (Å²) in [5.41, 5.74) is 2.45. The third kappa shape index (κ3) is 1.62. The van der Waals surface area contributed by atoms with Crippen molar-refractivity contribution in [3.63, 3.8) is 0 Å². The highest BCUT2D eigenvalue weighted by molar-refractivity contribution is 5.42. The number of hydrogen-bond acceptors (Lipinski definition) is 5. The lowest BCUT2D eigenvalue weighted by Crippen LogP contribution is -2.11. The van der Waals surface area contributed by atoms with E-state index in [1.54, 1.807) is 12.4 Å². The fourth-order valence-corrected chi connectivity index (χ4v) is 0.942. The Bertz CT molecular complexity index is 270. The molecule has 1 aliphatic carbocycles. The van der Waals surface area contributed by atoms with Gasteiger partial charge >= 0.3 is 0 Å². The van der Waals surface area contributed by atoms with Crippen LogP contribution < -0.4 is 16.6 Å². The van der Waals surface area contributed by atoms with Gasteiger partial charge in [0, 0.05) is 6.04 Å². The molecule has 1 aromatic heterocycles.